The Balaban J connectivity index is 1.67. The van der Waals surface area contributed by atoms with Gasteiger partial charge < -0.3 is 9.64 Å². The van der Waals surface area contributed by atoms with Crippen LogP contribution in [0.4, 0.5) is 19.0 Å². The topological polar surface area (TPSA) is 41.5 Å². The standard InChI is InChI=1S/C18H21F3N4O/c1-24(17-9-16(18(19,20)21)22-12-23-17)14-7-8-25(11-14)10-13-5-3-4-6-15(13)26-2/h3-6,9,12,14H,7-8,10-11H2,1-2H3. The minimum absolute atomic E-state index is 0.0979. The molecule has 8 heteroatoms. The smallest absolute Gasteiger partial charge is 0.433 e. The van der Waals surface area contributed by atoms with E-state index >= 15 is 0 Å². The Bertz CT molecular complexity index is 753. The first-order valence-electron chi connectivity index (χ1n) is 8.35. The van der Waals surface area contributed by atoms with E-state index in [1.165, 1.54) is 0 Å². The molecule has 1 aliphatic rings. The fourth-order valence-electron chi connectivity index (χ4n) is 3.23. The summed E-state index contributed by atoms with van der Waals surface area (Å²) < 4.78 is 43.9. The van der Waals surface area contributed by atoms with Crippen LogP contribution >= 0.6 is 0 Å². The highest BCUT2D eigenvalue weighted by atomic mass is 19.4. The quantitative estimate of drug-likeness (QED) is 0.813. The maximum absolute atomic E-state index is 12.9. The molecular formula is C18H21F3N4O. The second-order valence-electron chi connectivity index (χ2n) is 6.36. The van der Waals surface area contributed by atoms with Crippen LogP contribution in [-0.2, 0) is 12.7 Å². The minimum Gasteiger partial charge on any atom is -0.496 e. The molecule has 0 aliphatic carbocycles. The van der Waals surface area contributed by atoms with Gasteiger partial charge in [-0.15, -0.1) is 0 Å². The van der Waals surface area contributed by atoms with Gasteiger partial charge in [-0.25, -0.2) is 9.97 Å². The van der Waals surface area contributed by atoms with Crippen molar-refractivity contribution in [1.82, 2.24) is 14.9 Å². The number of methoxy groups -OCH3 is 1. The van der Waals surface area contributed by atoms with Crippen LogP contribution < -0.4 is 9.64 Å². The fraction of sp³-hybridized carbons (Fsp3) is 0.444. The zero-order valence-corrected chi connectivity index (χ0v) is 14.7. The normalized spacial score (nSPS) is 18.1. The molecule has 0 bridgehead atoms. The monoisotopic (exact) mass is 366 g/mol. The van der Waals surface area contributed by atoms with Crippen LogP contribution in [0, 0.1) is 0 Å². The number of likely N-dealkylation sites (N-methyl/N-ethyl adjacent to an activating group) is 1. The molecular weight excluding hydrogens is 345 g/mol. The summed E-state index contributed by atoms with van der Waals surface area (Å²) in [4.78, 5) is 11.4. The van der Waals surface area contributed by atoms with Gasteiger partial charge in [0.05, 0.1) is 7.11 Å². The summed E-state index contributed by atoms with van der Waals surface area (Å²) in [7, 11) is 3.42. The number of alkyl halides is 3. The van der Waals surface area contributed by atoms with Crippen molar-refractivity contribution >= 4 is 5.82 Å². The van der Waals surface area contributed by atoms with E-state index in [-0.39, 0.29) is 11.9 Å². The summed E-state index contributed by atoms with van der Waals surface area (Å²) in [5, 5.41) is 0. The van der Waals surface area contributed by atoms with Crippen LogP contribution in [0.1, 0.15) is 17.7 Å². The number of halogens is 3. The van der Waals surface area contributed by atoms with Gasteiger partial charge in [-0.3, -0.25) is 4.90 Å². The predicted molar refractivity (Wildman–Crippen MR) is 92.1 cm³/mol. The van der Waals surface area contributed by atoms with Gasteiger partial charge in [-0.05, 0) is 12.5 Å². The molecule has 0 amide bonds. The van der Waals surface area contributed by atoms with E-state index in [9.17, 15) is 13.2 Å². The molecule has 1 fully saturated rings. The van der Waals surface area contributed by atoms with Crippen molar-refractivity contribution in [2.45, 2.75) is 25.2 Å². The van der Waals surface area contributed by atoms with Crippen molar-refractivity contribution in [3.05, 3.63) is 47.9 Å². The highest BCUT2D eigenvalue weighted by Crippen LogP contribution is 2.30. The molecule has 1 atom stereocenters. The maximum atomic E-state index is 12.9. The third-order valence-corrected chi connectivity index (χ3v) is 4.69. The number of rotatable bonds is 5. The van der Waals surface area contributed by atoms with Gasteiger partial charge in [0.1, 0.15) is 23.6 Å². The van der Waals surface area contributed by atoms with Crippen LogP contribution in [0.15, 0.2) is 36.7 Å². The molecule has 0 saturated carbocycles. The molecule has 0 N–H and O–H groups in total. The number of ether oxygens (including phenoxy) is 1. The molecule has 1 aromatic carbocycles. The van der Waals surface area contributed by atoms with Crippen LogP contribution in [0.5, 0.6) is 5.75 Å². The molecule has 3 rings (SSSR count). The molecule has 1 aromatic heterocycles. The molecule has 1 unspecified atom stereocenters. The highest BCUT2D eigenvalue weighted by Gasteiger charge is 2.34. The number of aromatic nitrogens is 2. The van der Waals surface area contributed by atoms with Gasteiger partial charge in [0.2, 0.25) is 0 Å². The molecule has 140 valence electrons. The predicted octanol–water partition coefficient (Wildman–Crippen LogP) is 3.21. The highest BCUT2D eigenvalue weighted by molar-refractivity contribution is 5.40. The van der Waals surface area contributed by atoms with E-state index in [0.717, 1.165) is 49.8 Å². The van der Waals surface area contributed by atoms with Crippen molar-refractivity contribution in [3.63, 3.8) is 0 Å². The lowest BCUT2D eigenvalue weighted by molar-refractivity contribution is -0.141. The van der Waals surface area contributed by atoms with Crippen LogP contribution in [0.3, 0.4) is 0 Å². The summed E-state index contributed by atoms with van der Waals surface area (Å²) in [5.41, 5.74) is 0.179. The molecule has 1 aliphatic heterocycles. The van der Waals surface area contributed by atoms with Crippen LogP contribution in [-0.4, -0.2) is 48.2 Å². The third kappa shape index (κ3) is 4.07. The van der Waals surface area contributed by atoms with Crippen molar-refractivity contribution in [2.24, 2.45) is 0 Å². The Morgan fingerprint density at radius 1 is 1.27 bits per heavy atom. The van der Waals surface area contributed by atoms with Crippen molar-refractivity contribution in [1.29, 1.82) is 0 Å². The lowest BCUT2D eigenvalue weighted by Gasteiger charge is -2.26. The van der Waals surface area contributed by atoms with Gasteiger partial charge in [-0.2, -0.15) is 13.2 Å². The van der Waals surface area contributed by atoms with Crippen molar-refractivity contribution in [2.75, 3.05) is 32.1 Å². The van der Waals surface area contributed by atoms with E-state index in [4.69, 9.17) is 4.74 Å². The van der Waals surface area contributed by atoms with Crippen molar-refractivity contribution in [3.8, 4) is 5.75 Å². The zero-order chi connectivity index (χ0) is 18.7. The summed E-state index contributed by atoms with van der Waals surface area (Å²) in [6, 6.07) is 8.95. The number of hydrogen-bond donors (Lipinski definition) is 0. The number of hydrogen-bond acceptors (Lipinski definition) is 5. The molecule has 0 spiro atoms. The average molecular weight is 366 g/mol. The Morgan fingerprint density at radius 2 is 2.04 bits per heavy atom. The third-order valence-electron chi connectivity index (χ3n) is 4.69. The summed E-state index contributed by atoms with van der Waals surface area (Å²) >= 11 is 0. The first-order chi connectivity index (χ1) is 12.4. The van der Waals surface area contributed by atoms with E-state index in [1.54, 1.807) is 19.1 Å². The number of anilines is 1. The second kappa shape index (κ2) is 7.49. The molecule has 5 nitrogen and oxygen atoms in total. The largest absolute Gasteiger partial charge is 0.496 e. The SMILES string of the molecule is COc1ccccc1CN1CCC(N(C)c2cc(C(F)(F)F)ncn2)C1. The van der Waals surface area contributed by atoms with Crippen LogP contribution in [0.25, 0.3) is 0 Å². The zero-order valence-electron chi connectivity index (χ0n) is 14.7. The van der Waals surface area contributed by atoms with E-state index in [1.807, 2.05) is 24.3 Å². The molecule has 1 saturated heterocycles. The molecule has 0 radical (unpaired) electrons. The summed E-state index contributed by atoms with van der Waals surface area (Å²) in [6.07, 6.45) is -2.64. The number of benzene rings is 1. The Kier molecular flexibility index (Phi) is 5.31. The van der Waals surface area contributed by atoms with E-state index in [0.29, 0.717) is 0 Å². The summed E-state index contributed by atoms with van der Waals surface area (Å²) in [5.74, 6) is 1.13. The van der Waals surface area contributed by atoms with E-state index in [2.05, 4.69) is 14.9 Å². The van der Waals surface area contributed by atoms with E-state index < -0.39 is 11.9 Å². The number of likely N-dealkylation sites (tertiary alicyclic amines) is 1. The molecule has 2 heterocycles. The van der Waals surface area contributed by atoms with Gasteiger partial charge in [-0.1, -0.05) is 18.2 Å². The molecule has 26 heavy (non-hydrogen) atoms. The first kappa shape index (κ1) is 18.4. The lowest BCUT2D eigenvalue weighted by atomic mass is 10.2. The van der Waals surface area contributed by atoms with Gasteiger partial charge in [0, 0.05) is 44.4 Å². The maximum Gasteiger partial charge on any atom is 0.433 e. The molecule has 2 aromatic rings. The minimum atomic E-state index is -4.47. The average Bonchev–Trinajstić information content (AvgIpc) is 3.09. The van der Waals surface area contributed by atoms with Crippen molar-refractivity contribution < 1.29 is 17.9 Å². The number of nitrogens with zero attached hydrogens (tertiary/aromatic N) is 4. The Morgan fingerprint density at radius 3 is 2.77 bits per heavy atom. The van der Waals surface area contributed by atoms with Gasteiger partial charge >= 0.3 is 6.18 Å². The summed E-state index contributed by atoms with van der Waals surface area (Å²) in [6.45, 7) is 2.36. The van der Waals surface area contributed by atoms with Gasteiger partial charge in [0.15, 0.2) is 0 Å². The second-order valence-corrected chi connectivity index (χ2v) is 6.36. The fourth-order valence-corrected chi connectivity index (χ4v) is 3.23. The van der Waals surface area contributed by atoms with Crippen LogP contribution in [0.2, 0.25) is 0 Å². The first-order valence-corrected chi connectivity index (χ1v) is 8.35. The Labute approximate surface area is 150 Å². The van der Waals surface area contributed by atoms with Gasteiger partial charge in [0.25, 0.3) is 0 Å². The lowest BCUT2D eigenvalue weighted by Crippen LogP contribution is -2.35. The Hall–Kier alpha value is -2.35. The number of para-hydroxylation sites is 1.